The molecular formula is C13H19BrClNO2. The Labute approximate surface area is 122 Å². The van der Waals surface area contributed by atoms with Crippen molar-refractivity contribution in [1.82, 2.24) is 5.32 Å². The fourth-order valence-electron chi connectivity index (χ4n) is 1.92. The summed E-state index contributed by atoms with van der Waals surface area (Å²) >= 11 is 9.62. The van der Waals surface area contributed by atoms with Gasteiger partial charge in [-0.25, -0.2) is 0 Å². The molecule has 0 spiro atoms. The molecule has 0 bridgehead atoms. The first-order valence-corrected chi connectivity index (χ1v) is 6.93. The zero-order valence-corrected chi connectivity index (χ0v) is 13.4. The van der Waals surface area contributed by atoms with E-state index in [0.29, 0.717) is 0 Å². The van der Waals surface area contributed by atoms with E-state index in [1.165, 1.54) is 0 Å². The third kappa shape index (κ3) is 4.21. The van der Waals surface area contributed by atoms with Crippen molar-refractivity contribution >= 4 is 27.5 Å². The second kappa shape index (κ2) is 7.46. The molecular weight excluding hydrogens is 318 g/mol. The van der Waals surface area contributed by atoms with Gasteiger partial charge in [0.25, 0.3) is 0 Å². The van der Waals surface area contributed by atoms with Crippen LogP contribution in [-0.4, -0.2) is 26.6 Å². The average Bonchev–Trinajstić information content (AvgIpc) is 2.30. The van der Waals surface area contributed by atoms with Gasteiger partial charge in [0, 0.05) is 29.8 Å². The maximum atomic E-state index is 6.22. The molecule has 2 unspecified atom stereocenters. The van der Waals surface area contributed by atoms with Crippen LogP contribution < -0.4 is 5.32 Å². The van der Waals surface area contributed by atoms with Crippen LogP contribution in [0.2, 0.25) is 5.02 Å². The maximum absolute atomic E-state index is 6.22. The Hall–Kier alpha value is -0.130. The minimum atomic E-state index is -0.276. The highest BCUT2D eigenvalue weighted by atomic mass is 79.9. The fourth-order valence-corrected chi connectivity index (χ4v) is 2.76. The summed E-state index contributed by atoms with van der Waals surface area (Å²) in [4.78, 5) is 0. The van der Waals surface area contributed by atoms with Crippen molar-refractivity contribution in [2.24, 2.45) is 0 Å². The molecule has 1 rings (SSSR count). The van der Waals surface area contributed by atoms with Crippen molar-refractivity contribution in [1.29, 1.82) is 0 Å². The summed E-state index contributed by atoms with van der Waals surface area (Å²) in [6.45, 7) is 4.08. The Morgan fingerprint density at radius 2 is 1.83 bits per heavy atom. The average molecular weight is 337 g/mol. The lowest BCUT2D eigenvalue weighted by Crippen LogP contribution is -2.40. The molecule has 0 saturated heterocycles. The predicted molar refractivity (Wildman–Crippen MR) is 78.0 cm³/mol. The quantitative estimate of drug-likeness (QED) is 0.802. The van der Waals surface area contributed by atoms with Crippen molar-refractivity contribution in [2.75, 3.05) is 14.2 Å². The predicted octanol–water partition coefficient (Wildman–Crippen LogP) is 3.76. The summed E-state index contributed by atoms with van der Waals surface area (Å²) in [5.41, 5.74) is 1.05. The third-order valence-electron chi connectivity index (χ3n) is 2.81. The SMILES string of the molecule is COC(OC)C(C)NC(C)c1ccc(Br)cc1Cl. The van der Waals surface area contributed by atoms with Gasteiger partial charge >= 0.3 is 0 Å². The molecule has 5 heteroatoms. The van der Waals surface area contributed by atoms with Crippen LogP contribution in [0.25, 0.3) is 0 Å². The molecule has 0 aliphatic rings. The van der Waals surface area contributed by atoms with E-state index in [2.05, 4.69) is 28.2 Å². The number of nitrogens with one attached hydrogen (secondary N) is 1. The molecule has 0 amide bonds. The van der Waals surface area contributed by atoms with E-state index in [-0.39, 0.29) is 18.4 Å². The van der Waals surface area contributed by atoms with Crippen LogP contribution in [0.4, 0.5) is 0 Å². The van der Waals surface area contributed by atoms with E-state index >= 15 is 0 Å². The van der Waals surface area contributed by atoms with Gasteiger partial charge < -0.3 is 14.8 Å². The summed E-state index contributed by atoms with van der Waals surface area (Å²) in [5.74, 6) is 0. The molecule has 0 radical (unpaired) electrons. The lowest BCUT2D eigenvalue weighted by atomic mass is 10.1. The molecule has 0 aliphatic heterocycles. The zero-order valence-electron chi connectivity index (χ0n) is 11.0. The van der Waals surface area contributed by atoms with Gasteiger partial charge in [0.15, 0.2) is 6.29 Å². The van der Waals surface area contributed by atoms with Gasteiger partial charge in [-0.2, -0.15) is 0 Å². The Morgan fingerprint density at radius 3 is 2.33 bits per heavy atom. The number of rotatable bonds is 6. The summed E-state index contributed by atoms with van der Waals surface area (Å²) in [7, 11) is 3.26. The number of ether oxygens (including phenoxy) is 2. The topological polar surface area (TPSA) is 30.5 Å². The van der Waals surface area contributed by atoms with Crippen molar-refractivity contribution < 1.29 is 9.47 Å². The van der Waals surface area contributed by atoms with Gasteiger partial charge in [-0.3, -0.25) is 0 Å². The second-order valence-electron chi connectivity index (χ2n) is 4.18. The Morgan fingerprint density at radius 1 is 1.22 bits per heavy atom. The van der Waals surface area contributed by atoms with Crippen molar-refractivity contribution in [3.63, 3.8) is 0 Å². The third-order valence-corrected chi connectivity index (χ3v) is 3.64. The van der Waals surface area contributed by atoms with E-state index in [4.69, 9.17) is 21.1 Å². The first-order chi connectivity index (χ1) is 8.49. The number of hydrogen-bond donors (Lipinski definition) is 1. The standard InChI is InChI=1S/C13H19BrClNO2/c1-8(16-9(2)13(17-3)18-4)11-6-5-10(14)7-12(11)15/h5-9,13,16H,1-4H3. The summed E-state index contributed by atoms with van der Waals surface area (Å²) < 4.78 is 11.4. The smallest absolute Gasteiger partial charge is 0.171 e. The van der Waals surface area contributed by atoms with Gasteiger partial charge in [-0.05, 0) is 31.5 Å². The number of halogens is 2. The van der Waals surface area contributed by atoms with Crippen molar-refractivity contribution in [2.45, 2.75) is 32.2 Å². The molecule has 1 aromatic carbocycles. The number of methoxy groups -OCH3 is 2. The Balaban J connectivity index is 2.72. The fraction of sp³-hybridized carbons (Fsp3) is 0.538. The van der Waals surface area contributed by atoms with Gasteiger partial charge in [0.2, 0.25) is 0 Å². The molecule has 1 aromatic rings. The molecule has 18 heavy (non-hydrogen) atoms. The molecule has 0 saturated carbocycles. The van der Waals surface area contributed by atoms with Crippen LogP contribution in [0.15, 0.2) is 22.7 Å². The van der Waals surface area contributed by atoms with E-state index < -0.39 is 0 Å². The van der Waals surface area contributed by atoms with Gasteiger partial charge in [-0.1, -0.05) is 33.6 Å². The summed E-state index contributed by atoms with van der Waals surface area (Å²) in [6.07, 6.45) is -0.276. The molecule has 0 heterocycles. The van der Waals surface area contributed by atoms with Crippen LogP contribution in [0.5, 0.6) is 0 Å². The first kappa shape index (κ1) is 15.9. The van der Waals surface area contributed by atoms with Crippen LogP contribution in [0.3, 0.4) is 0 Å². The van der Waals surface area contributed by atoms with Crippen LogP contribution in [0.1, 0.15) is 25.5 Å². The highest BCUT2D eigenvalue weighted by Crippen LogP contribution is 2.26. The van der Waals surface area contributed by atoms with E-state index in [9.17, 15) is 0 Å². The maximum Gasteiger partial charge on any atom is 0.171 e. The van der Waals surface area contributed by atoms with Crippen LogP contribution in [-0.2, 0) is 9.47 Å². The Kier molecular flexibility index (Phi) is 6.60. The lowest BCUT2D eigenvalue weighted by Gasteiger charge is -2.26. The minimum absolute atomic E-state index is 0.0645. The molecule has 1 N–H and O–H groups in total. The van der Waals surface area contributed by atoms with Crippen LogP contribution >= 0.6 is 27.5 Å². The monoisotopic (exact) mass is 335 g/mol. The zero-order chi connectivity index (χ0) is 13.7. The summed E-state index contributed by atoms with van der Waals surface area (Å²) in [6, 6.07) is 6.06. The van der Waals surface area contributed by atoms with Gasteiger partial charge in [0.1, 0.15) is 0 Å². The van der Waals surface area contributed by atoms with Gasteiger partial charge in [-0.15, -0.1) is 0 Å². The highest BCUT2D eigenvalue weighted by molar-refractivity contribution is 9.10. The lowest BCUT2D eigenvalue weighted by molar-refractivity contribution is -0.120. The second-order valence-corrected chi connectivity index (χ2v) is 5.51. The number of benzene rings is 1. The van der Waals surface area contributed by atoms with E-state index in [1.807, 2.05) is 25.1 Å². The molecule has 0 aromatic heterocycles. The minimum Gasteiger partial charge on any atom is -0.354 e. The Bertz CT molecular complexity index is 385. The summed E-state index contributed by atoms with van der Waals surface area (Å²) in [5, 5.41) is 4.15. The van der Waals surface area contributed by atoms with E-state index in [1.54, 1.807) is 14.2 Å². The molecule has 3 nitrogen and oxygen atoms in total. The largest absolute Gasteiger partial charge is 0.354 e. The molecule has 0 fully saturated rings. The van der Waals surface area contributed by atoms with Crippen molar-refractivity contribution in [3.05, 3.63) is 33.3 Å². The highest BCUT2D eigenvalue weighted by Gasteiger charge is 2.19. The first-order valence-electron chi connectivity index (χ1n) is 5.76. The van der Waals surface area contributed by atoms with Crippen LogP contribution in [0, 0.1) is 0 Å². The van der Waals surface area contributed by atoms with Crippen molar-refractivity contribution in [3.8, 4) is 0 Å². The molecule has 2 atom stereocenters. The molecule has 0 aliphatic carbocycles. The number of hydrogen-bond acceptors (Lipinski definition) is 3. The van der Waals surface area contributed by atoms with Gasteiger partial charge in [0.05, 0.1) is 6.04 Å². The molecule has 102 valence electrons. The van der Waals surface area contributed by atoms with E-state index in [0.717, 1.165) is 15.1 Å². The normalized spacial score (nSPS) is 14.8.